The van der Waals surface area contributed by atoms with E-state index in [0.29, 0.717) is 23.7 Å². The number of benzene rings is 2. The molecule has 0 spiro atoms. The van der Waals surface area contributed by atoms with E-state index in [-0.39, 0.29) is 24.8 Å². The van der Waals surface area contributed by atoms with E-state index < -0.39 is 23.2 Å². The summed E-state index contributed by atoms with van der Waals surface area (Å²) in [5.41, 5.74) is 9.08. The molecule has 0 fully saturated rings. The summed E-state index contributed by atoms with van der Waals surface area (Å²) in [5, 5.41) is 0. The maximum Gasteiger partial charge on any atom is -1.00 e. The molecule has 2 aromatic carbocycles. The smallest absolute Gasteiger partial charge is 1.00 e. The third-order valence-electron chi connectivity index (χ3n) is 7.81. The molecule has 4 aromatic rings. The van der Waals surface area contributed by atoms with Crippen molar-refractivity contribution in [2.45, 2.75) is 65.2 Å². The Kier molecular flexibility index (Phi) is 9.72. The van der Waals surface area contributed by atoms with Gasteiger partial charge in [0, 0.05) is 0 Å². The van der Waals surface area contributed by atoms with Gasteiger partial charge in [-0.1, -0.05) is 0 Å². The van der Waals surface area contributed by atoms with Gasteiger partial charge in [-0.05, 0) is 0 Å². The Labute approximate surface area is 266 Å². The Balaban J connectivity index is 0.00000176. The molecule has 0 N–H and O–H groups in total. The van der Waals surface area contributed by atoms with E-state index in [1.165, 1.54) is 52.9 Å². The second kappa shape index (κ2) is 12.3. The molecule has 2 unspecified atom stereocenters. The zero-order valence-corrected chi connectivity index (χ0v) is 28.9. The predicted molar refractivity (Wildman–Crippen MR) is 159 cm³/mol. The first-order valence-corrected chi connectivity index (χ1v) is 17.5. The summed E-state index contributed by atoms with van der Waals surface area (Å²) < 4.78 is 3.44. The minimum absolute atomic E-state index is 0. The summed E-state index contributed by atoms with van der Waals surface area (Å²) in [6.07, 6.45) is 5.25. The largest absolute Gasteiger partial charge is 1.00 e. The quantitative estimate of drug-likeness (QED) is 0.285. The van der Waals surface area contributed by atoms with Gasteiger partial charge >= 0.3 is 243 Å². The van der Waals surface area contributed by atoms with Gasteiger partial charge in [0.1, 0.15) is 0 Å². The summed E-state index contributed by atoms with van der Waals surface area (Å²) in [7, 11) is 0. The second-order valence-electron chi connectivity index (χ2n) is 11.1. The number of aryl methyl sites for hydroxylation is 2. The van der Waals surface area contributed by atoms with Crippen LogP contribution in [0, 0.1) is 13.8 Å². The summed E-state index contributed by atoms with van der Waals surface area (Å²) in [6, 6.07) is 23.5. The summed E-state index contributed by atoms with van der Waals surface area (Å²) in [6.45, 7) is 13.8. The molecule has 200 valence electrons. The molecule has 2 heterocycles. The third kappa shape index (κ3) is 5.65. The standard InChI is InChI=1S/2C17H17S.2ClH.Zr/c2*1-11(2)13-5-4-6-14-15(13)8-9-16(14)17-10-7-12(3)18-17;;;/h2*4-8,10-11,16H,1-3H3;2*1H;/q;;;;+2/p-2. The van der Waals surface area contributed by atoms with Crippen LogP contribution >= 0.6 is 22.7 Å². The van der Waals surface area contributed by atoms with Crippen molar-refractivity contribution in [1.29, 1.82) is 0 Å². The van der Waals surface area contributed by atoms with Crippen LogP contribution in [0.2, 0.25) is 0 Å². The van der Waals surface area contributed by atoms with Gasteiger partial charge in [-0.15, -0.1) is 0 Å². The van der Waals surface area contributed by atoms with Crippen molar-refractivity contribution in [2.75, 3.05) is 0 Å². The number of allylic oxidation sites excluding steroid dienone is 2. The van der Waals surface area contributed by atoms with E-state index >= 15 is 0 Å². The number of halogens is 2. The average molecular weight is 669 g/mol. The maximum atomic E-state index is 2.63. The maximum absolute atomic E-state index is 2.63. The first-order chi connectivity index (χ1) is 17.8. The van der Waals surface area contributed by atoms with E-state index in [1.54, 1.807) is 6.56 Å². The van der Waals surface area contributed by atoms with Gasteiger partial charge in [0.05, 0.1) is 0 Å². The van der Waals surface area contributed by atoms with Gasteiger partial charge in [-0.3, -0.25) is 0 Å². The first kappa shape index (κ1) is 30.7. The van der Waals surface area contributed by atoms with Gasteiger partial charge in [0.15, 0.2) is 0 Å². The van der Waals surface area contributed by atoms with Crippen molar-refractivity contribution in [2.24, 2.45) is 0 Å². The SMILES string of the molecule is Cc1ccc(C2[C]([Zr+2][C]3=Cc4c(C(C)C)cccc4C3c3ccc(C)s3)=Cc3c(C(C)C)cccc32)s1.[Cl-].[Cl-]. The van der Waals surface area contributed by atoms with E-state index in [9.17, 15) is 0 Å². The topological polar surface area (TPSA) is 0 Å². The van der Waals surface area contributed by atoms with Crippen LogP contribution in [0.5, 0.6) is 0 Å². The molecular weight excluding hydrogens is 635 g/mol. The molecule has 0 aliphatic heterocycles. The van der Waals surface area contributed by atoms with Crippen molar-refractivity contribution >= 4 is 34.8 Å². The molecule has 0 bridgehead atoms. The van der Waals surface area contributed by atoms with Crippen molar-refractivity contribution in [3.05, 3.63) is 120 Å². The van der Waals surface area contributed by atoms with Crippen molar-refractivity contribution in [3.8, 4) is 0 Å². The van der Waals surface area contributed by atoms with Crippen LogP contribution in [-0.2, 0) is 23.2 Å². The number of hydrogen-bond acceptors (Lipinski definition) is 2. The van der Waals surface area contributed by atoms with Crippen molar-refractivity contribution in [3.63, 3.8) is 0 Å². The monoisotopic (exact) mass is 666 g/mol. The minimum Gasteiger partial charge on any atom is -1.00 e. The number of thiophene rings is 2. The predicted octanol–water partition coefficient (Wildman–Crippen LogP) is 4.44. The molecule has 5 heteroatoms. The fourth-order valence-corrected chi connectivity index (χ4v) is 12.7. The fraction of sp³-hybridized carbons (Fsp3) is 0.294. The van der Waals surface area contributed by atoms with E-state index in [4.69, 9.17) is 0 Å². The van der Waals surface area contributed by atoms with Crippen molar-refractivity contribution < 1.29 is 48.0 Å². The zero-order chi connectivity index (χ0) is 25.8. The zero-order valence-electron chi connectivity index (χ0n) is 23.3. The molecule has 2 atom stereocenters. The van der Waals surface area contributed by atoms with Gasteiger partial charge in [0.25, 0.3) is 0 Å². The Morgan fingerprint density at radius 2 is 1.00 bits per heavy atom. The van der Waals surface area contributed by atoms with Gasteiger partial charge in [-0.2, -0.15) is 0 Å². The van der Waals surface area contributed by atoms with Gasteiger partial charge in [0.2, 0.25) is 0 Å². The van der Waals surface area contributed by atoms with E-state index in [2.05, 4.69) is 114 Å². The van der Waals surface area contributed by atoms with Crippen LogP contribution in [0.15, 0.2) is 67.2 Å². The molecule has 2 aromatic heterocycles. The molecule has 2 aliphatic carbocycles. The van der Waals surface area contributed by atoms with Crippen LogP contribution in [0.4, 0.5) is 0 Å². The fourth-order valence-electron chi connectivity index (χ4n) is 6.07. The summed E-state index contributed by atoms with van der Waals surface area (Å²) in [4.78, 5) is 5.86. The number of hydrogen-bond donors (Lipinski definition) is 0. The Morgan fingerprint density at radius 3 is 1.33 bits per heavy atom. The molecule has 2 aliphatic rings. The Hall–Kier alpha value is -1.22. The third-order valence-corrected chi connectivity index (χ3v) is 13.5. The molecule has 0 amide bonds. The molecule has 6 rings (SSSR count). The molecule has 39 heavy (non-hydrogen) atoms. The van der Waals surface area contributed by atoms with Crippen LogP contribution in [0.25, 0.3) is 12.2 Å². The van der Waals surface area contributed by atoms with Crippen molar-refractivity contribution in [1.82, 2.24) is 0 Å². The molecule has 0 radical (unpaired) electrons. The van der Waals surface area contributed by atoms with E-state index in [1.807, 2.05) is 22.7 Å². The number of rotatable bonds is 6. The van der Waals surface area contributed by atoms with Gasteiger partial charge in [-0.25, -0.2) is 0 Å². The summed E-state index contributed by atoms with van der Waals surface area (Å²) >= 11 is 2.92. The van der Waals surface area contributed by atoms with Crippen LogP contribution in [-0.4, -0.2) is 0 Å². The Bertz CT molecular complexity index is 1440. The van der Waals surface area contributed by atoms with Crippen LogP contribution < -0.4 is 24.8 Å². The normalized spacial score (nSPS) is 17.2. The minimum atomic E-state index is -1.05. The first-order valence-electron chi connectivity index (χ1n) is 13.4. The Morgan fingerprint density at radius 1 is 0.590 bits per heavy atom. The molecular formula is C34H34Cl2S2Zr. The molecule has 0 saturated carbocycles. The second-order valence-corrected chi connectivity index (χ2v) is 17.2. The molecule has 0 saturated heterocycles. The van der Waals surface area contributed by atoms with Crippen LogP contribution in [0.3, 0.4) is 0 Å². The van der Waals surface area contributed by atoms with E-state index in [0.717, 1.165) is 0 Å². The average Bonchev–Trinajstić information content (AvgIpc) is 3.63. The molecule has 0 nitrogen and oxygen atoms in total. The van der Waals surface area contributed by atoms with Gasteiger partial charge < -0.3 is 24.8 Å². The number of fused-ring (bicyclic) bond motifs is 2. The van der Waals surface area contributed by atoms with Crippen LogP contribution in [0.1, 0.15) is 104 Å². The summed E-state index contributed by atoms with van der Waals surface area (Å²) in [5.74, 6) is 1.93.